The maximum absolute atomic E-state index is 12.0. The van der Waals surface area contributed by atoms with Gasteiger partial charge in [-0.3, -0.25) is 4.79 Å². The molecule has 1 fully saturated rings. The van der Waals surface area contributed by atoms with E-state index in [1.807, 2.05) is 13.8 Å². The summed E-state index contributed by atoms with van der Waals surface area (Å²) in [5.74, 6) is -0.134. The third-order valence-corrected chi connectivity index (χ3v) is 4.05. The van der Waals surface area contributed by atoms with Crippen molar-refractivity contribution in [3.8, 4) is 0 Å². The van der Waals surface area contributed by atoms with Crippen molar-refractivity contribution >= 4 is 22.2 Å². The molecule has 0 radical (unpaired) electrons. The van der Waals surface area contributed by atoms with Crippen molar-refractivity contribution in [3.05, 3.63) is 10.7 Å². The van der Waals surface area contributed by atoms with Crippen LogP contribution in [0.3, 0.4) is 0 Å². The van der Waals surface area contributed by atoms with Gasteiger partial charge in [-0.25, -0.2) is 4.98 Å². The Balaban J connectivity index is 1.80. The molecule has 1 aliphatic rings. The summed E-state index contributed by atoms with van der Waals surface area (Å²) in [5.41, 5.74) is 0.849. The van der Waals surface area contributed by atoms with Gasteiger partial charge >= 0.3 is 0 Å². The number of aromatic nitrogens is 1. The maximum atomic E-state index is 12.0. The van der Waals surface area contributed by atoms with Gasteiger partial charge in [0.2, 0.25) is 0 Å². The summed E-state index contributed by atoms with van der Waals surface area (Å²) in [5, 5.41) is 4.60. The van der Waals surface area contributed by atoms with Crippen molar-refractivity contribution in [1.29, 1.82) is 0 Å². The van der Waals surface area contributed by atoms with Gasteiger partial charge in [-0.15, -0.1) is 11.3 Å². The van der Waals surface area contributed by atoms with Gasteiger partial charge in [-0.05, 0) is 33.6 Å². The van der Waals surface area contributed by atoms with Gasteiger partial charge in [-0.2, -0.15) is 0 Å². The third kappa shape index (κ3) is 3.99. The lowest BCUT2D eigenvalue weighted by Gasteiger charge is -2.15. The number of hydrogen-bond acceptors (Lipinski definition) is 5. The zero-order chi connectivity index (χ0) is 13.8. The molecule has 2 heterocycles. The number of rotatable bonds is 5. The highest BCUT2D eigenvalue weighted by atomic mass is 32.1. The lowest BCUT2D eigenvalue weighted by molar-refractivity contribution is -0.128. The first-order valence-corrected chi connectivity index (χ1v) is 7.36. The van der Waals surface area contributed by atoms with Crippen molar-refractivity contribution in [2.45, 2.75) is 45.8 Å². The van der Waals surface area contributed by atoms with E-state index in [0.717, 1.165) is 35.2 Å². The van der Waals surface area contributed by atoms with Crippen LogP contribution in [0.25, 0.3) is 0 Å². The summed E-state index contributed by atoms with van der Waals surface area (Å²) in [7, 11) is 0. The second-order valence-corrected chi connectivity index (χ2v) is 5.95. The molecule has 0 unspecified atom stereocenters. The largest absolute Gasteiger partial charge is 0.376 e. The smallest absolute Gasteiger partial charge is 0.253 e. The standard InChI is InChI=1S/C13H20N2O3S/c1-8-13(19-10(3)14-8)15-12(16)9(2)18-7-11-5-4-6-17-11/h9,11H,4-7H2,1-3H3,(H,15,16)/t9-,11+/m0/s1. The van der Waals surface area contributed by atoms with E-state index in [1.165, 1.54) is 11.3 Å². The Morgan fingerprint density at radius 1 is 1.63 bits per heavy atom. The summed E-state index contributed by atoms with van der Waals surface area (Å²) in [6, 6.07) is 0. The lowest BCUT2D eigenvalue weighted by atomic mass is 10.2. The quantitative estimate of drug-likeness (QED) is 0.901. The summed E-state index contributed by atoms with van der Waals surface area (Å²) in [4.78, 5) is 16.3. The fraction of sp³-hybridized carbons (Fsp3) is 0.692. The number of thiazole rings is 1. The van der Waals surface area contributed by atoms with E-state index in [1.54, 1.807) is 6.92 Å². The number of nitrogens with one attached hydrogen (secondary N) is 1. The predicted molar refractivity (Wildman–Crippen MR) is 74.6 cm³/mol. The highest BCUT2D eigenvalue weighted by Crippen LogP contribution is 2.23. The predicted octanol–water partition coefficient (Wildman–Crippen LogP) is 2.28. The Kier molecular flexibility index (Phi) is 4.90. The minimum atomic E-state index is -0.481. The molecule has 1 aromatic heterocycles. The Labute approximate surface area is 117 Å². The number of carbonyl (C=O) groups excluding carboxylic acids is 1. The van der Waals surface area contributed by atoms with Crippen LogP contribution in [0.2, 0.25) is 0 Å². The molecular weight excluding hydrogens is 264 g/mol. The Hall–Kier alpha value is -0.980. The van der Waals surface area contributed by atoms with Crippen LogP contribution in [0.5, 0.6) is 0 Å². The molecule has 2 atom stereocenters. The highest BCUT2D eigenvalue weighted by molar-refractivity contribution is 7.16. The number of hydrogen-bond donors (Lipinski definition) is 1. The Morgan fingerprint density at radius 3 is 3.00 bits per heavy atom. The second-order valence-electron chi connectivity index (χ2n) is 4.75. The lowest BCUT2D eigenvalue weighted by Crippen LogP contribution is -2.30. The molecule has 1 amide bonds. The van der Waals surface area contributed by atoms with Crippen molar-refractivity contribution < 1.29 is 14.3 Å². The van der Waals surface area contributed by atoms with E-state index in [2.05, 4.69) is 10.3 Å². The van der Waals surface area contributed by atoms with Gasteiger partial charge in [0.05, 0.1) is 23.4 Å². The van der Waals surface area contributed by atoms with E-state index in [-0.39, 0.29) is 12.0 Å². The Bertz CT molecular complexity index is 441. The molecule has 1 N–H and O–H groups in total. The van der Waals surface area contributed by atoms with Crippen LogP contribution in [0.4, 0.5) is 5.00 Å². The first kappa shape index (κ1) is 14.4. The number of aryl methyl sites for hydroxylation is 2. The molecule has 0 bridgehead atoms. The number of amides is 1. The van der Waals surface area contributed by atoms with E-state index in [4.69, 9.17) is 9.47 Å². The van der Waals surface area contributed by atoms with Crippen LogP contribution in [-0.2, 0) is 14.3 Å². The van der Waals surface area contributed by atoms with Crippen molar-refractivity contribution in [1.82, 2.24) is 4.98 Å². The van der Waals surface area contributed by atoms with E-state index in [9.17, 15) is 4.79 Å². The molecule has 106 valence electrons. The summed E-state index contributed by atoms with van der Waals surface area (Å²) < 4.78 is 11.0. The topological polar surface area (TPSA) is 60.5 Å². The normalized spacial score (nSPS) is 20.5. The average Bonchev–Trinajstić information content (AvgIpc) is 2.97. The summed E-state index contributed by atoms with van der Waals surface area (Å²) in [6.07, 6.45) is 1.75. The molecular formula is C13H20N2O3S. The second kappa shape index (κ2) is 6.45. The zero-order valence-electron chi connectivity index (χ0n) is 11.6. The van der Waals surface area contributed by atoms with Gasteiger partial charge in [0, 0.05) is 6.61 Å². The van der Waals surface area contributed by atoms with Gasteiger partial charge in [0.1, 0.15) is 11.1 Å². The summed E-state index contributed by atoms with van der Waals surface area (Å²) >= 11 is 1.48. The molecule has 19 heavy (non-hydrogen) atoms. The molecule has 1 aliphatic heterocycles. The molecule has 0 spiro atoms. The minimum absolute atomic E-state index is 0.134. The molecule has 0 aliphatic carbocycles. The van der Waals surface area contributed by atoms with Gasteiger partial charge in [0.25, 0.3) is 5.91 Å². The van der Waals surface area contributed by atoms with Gasteiger partial charge < -0.3 is 14.8 Å². The first-order chi connectivity index (χ1) is 9.06. The number of nitrogens with zero attached hydrogens (tertiary/aromatic N) is 1. The molecule has 0 saturated carbocycles. The zero-order valence-corrected chi connectivity index (χ0v) is 12.4. The van der Waals surface area contributed by atoms with Crippen LogP contribution in [0.15, 0.2) is 0 Å². The van der Waals surface area contributed by atoms with Crippen LogP contribution in [-0.4, -0.2) is 36.3 Å². The maximum Gasteiger partial charge on any atom is 0.253 e. The Morgan fingerprint density at radius 2 is 2.42 bits per heavy atom. The SMILES string of the molecule is Cc1nc(C)c(NC(=O)[C@H](C)OC[C@H]2CCCO2)s1. The van der Waals surface area contributed by atoms with Crippen LogP contribution in [0, 0.1) is 13.8 Å². The molecule has 2 rings (SSSR count). The van der Waals surface area contributed by atoms with Crippen LogP contribution >= 0.6 is 11.3 Å². The van der Waals surface area contributed by atoms with E-state index >= 15 is 0 Å². The van der Waals surface area contributed by atoms with E-state index < -0.39 is 6.10 Å². The van der Waals surface area contributed by atoms with Crippen molar-refractivity contribution in [2.24, 2.45) is 0 Å². The first-order valence-electron chi connectivity index (χ1n) is 6.54. The van der Waals surface area contributed by atoms with Crippen molar-refractivity contribution in [2.75, 3.05) is 18.5 Å². The van der Waals surface area contributed by atoms with Crippen molar-refractivity contribution in [3.63, 3.8) is 0 Å². The molecule has 0 aromatic carbocycles. The minimum Gasteiger partial charge on any atom is -0.376 e. The average molecular weight is 284 g/mol. The van der Waals surface area contributed by atoms with Gasteiger partial charge in [0.15, 0.2) is 0 Å². The van der Waals surface area contributed by atoms with Gasteiger partial charge in [-0.1, -0.05) is 0 Å². The molecule has 1 saturated heterocycles. The molecule has 6 heteroatoms. The third-order valence-electron chi connectivity index (χ3n) is 3.07. The van der Waals surface area contributed by atoms with E-state index in [0.29, 0.717) is 6.61 Å². The van der Waals surface area contributed by atoms with Crippen LogP contribution < -0.4 is 5.32 Å². The fourth-order valence-corrected chi connectivity index (χ4v) is 2.79. The number of anilines is 1. The number of ether oxygens (including phenoxy) is 2. The van der Waals surface area contributed by atoms with Crippen LogP contribution in [0.1, 0.15) is 30.5 Å². The number of carbonyl (C=O) groups is 1. The molecule has 1 aromatic rings. The molecule has 5 nitrogen and oxygen atoms in total. The monoisotopic (exact) mass is 284 g/mol. The summed E-state index contributed by atoms with van der Waals surface area (Å²) in [6.45, 7) is 6.85. The fourth-order valence-electron chi connectivity index (χ4n) is 1.96. The highest BCUT2D eigenvalue weighted by Gasteiger charge is 2.20.